The Balaban J connectivity index is 1.86. The Morgan fingerprint density at radius 2 is 1.78 bits per heavy atom. The largest absolute Gasteiger partial charge is 0.452 e. The van der Waals surface area contributed by atoms with Gasteiger partial charge in [0.1, 0.15) is 5.75 Å². The Labute approximate surface area is 195 Å². The van der Waals surface area contributed by atoms with Crippen LogP contribution in [0.2, 0.25) is 5.02 Å². The van der Waals surface area contributed by atoms with E-state index in [1.165, 1.54) is 0 Å². The van der Waals surface area contributed by atoms with Crippen molar-refractivity contribution in [1.29, 1.82) is 0 Å². The summed E-state index contributed by atoms with van der Waals surface area (Å²) in [5.41, 5.74) is 0. The Hall–Kier alpha value is -2.42. The number of aliphatic hydroxyl groups is 1. The molecule has 1 aliphatic heterocycles. The van der Waals surface area contributed by atoms with E-state index in [-0.39, 0.29) is 6.61 Å². The highest BCUT2D eigenvalue weighted by Crippen LogP contribution is 2.32. The van der Waals surface area contributed by atoms with Gasteiger partial charge in [-0.2, -0.15) is 4.98 Å². The summed E-state index contributed by atoms with van der Waals surface area (Å²) in [5.74, 6) is 2.35. The molecule has 1 N–H and O–H groups in total. The third-order valence-electron chi connectivity index (χ3n) is 5.35. The molecule has 9 heteroatoms. The number of aromatic nitrogens is 2. The van der Waals surface area contributed by atoms with Crippen LogP contribution in [0.1, 0.15) is 27.7 Å². The van der Waals surface area contributed by atoms with Crippen molar-refractivity contribution in [3.63, 3.8) is 0 Å². The first kappa shape index (κ1) is 24.2. The van der Waals surface area contributed by atoms with Crippen molar-refractivity contribution in [2.24, 2.45) is 4.99 Å². The summed E-state index contributed by atoms with van der Waals surface area (Å²) in [5, 5.41) is 9.87. The number of anilines is 1. The van der Waals surface area contributed by atoms with E-state index >= 15 is 0 Å². The highest BCUT2D eigenvalue weighted by Gasteiger charge is 2.22. The Morgan fingerprint density at radius 1 is 1.12 bits per heavy atom. The number of piperazine rings is 1. The predicted molar refractivity (Wildman–Crippen MR) is 130 cm³/mol. The zero-order chi connectivity index (χ0) is 23.1. The maximum atomic E-state index is 9.22. The zero-order valence-corrected chi connectivity index (χ0v) is 20.0. The minimum atomic E-state index is 0.166. The fourth-order valence-corrected chi connectivity index (χ4v) is 3.78. The van der Waals surface area contributed by atoms with Gasteiger partial charge in [-0.15, -0.1) is 0 Å². The van der Waals surface area contributed by atoms with Gasteiger partial charge >= 0.3 is 0 Å². The number of hydrogen-bond acceptors (Lipinski definition) is 7. The number of ether oxygens (including phenoxy) is 1. The quantitative estimate of drug-likeness (QED) is 0.450. The van der Waals surface area contributed by atoms with Gasteiger partial charge in [0.15, 0.2) is 11.6 Å². The standard InChI is InChI=1S/C23H33ClN6O2/c1-17(2)30(18(3)4)16-26-23-25-15-21(32-20-7-5-19(24)6-8-20)22(27-23)29-11-9-28(10-12-29)13-14-31/h5-8,15-18,31H,9-14H2,1-4H3/b26-16+. The molecule has 1 aromatic carbocycles. The smallest absolute Gasteiger partial charge is 0.252 e. The van der Waals surface area contributed by atoms with E-state index in [4.69, 9.17) is 21.3 Å². The van der Waals surface area contributed by atoms with Gasteiger partial charge in [0.2, 0.25) is 0 Å². The Morgan fingerprint density at radius 3 is 2.38 bits per heavy atom. The molecule has 1 fully saturated rings. The fraction of sp³-hybridized carbons (Fsp3) is 0.522. The predicted octanol–water partition coefficient (Wildman–Crippen LogP) is 3.82. The summed E-state index contributed by atoms with van der Waals surface area (Å²) in [6, 6.07) is 7.86. The molecule has 0 bridgehead atoms. The average Bonchev–Trinajstić information content (AvgIpc) is 2.76. The Bertz CT molecular complexity index is 875. The van der Waals surface area contributed by atoms with Crippen LogP contribution in [0.3, 0.4) is 0 Å². The van der Waals surface area contributed by atoms with Crippen LogP contribution in [0.15, 0.2) is 35.5 Å². The van der Waals surface area contributed by atoms with Crippen LogP contribution < -0.4 is 9.64 Å². The summed E-state index contributed by atoms with van der Waals surface area (Å²) in [4.78, 5) is 20.3. The second-order valence-corrected chi connectivity index (χ2v) is 8.78. The summed E-state index contributed by atoms with van der Waals surface area (Å²) in [6.45, 7) is 12.6. The lowest BCUT2D eigenvalue weighted by molar-refractivity contribution is 0.188. The van der Waals surface area contributed by atoms with Crippen LogP contribution in [0, 0.1) is 0 Å². The molecule has 0 amide bonds. The summed E-state index contributed by atoms with van der Waals surface area (Å²) in [6.07, 6.45) is 3.49. The van der Waals surface area contributed by atoms with Crippen molar-refractivity contribution in [2.75, 3.05) is 44.2 Å². The number of nitrogens with zero attached hydrogens (tertiary/aromatic N) is 6. The van der Waals surface area contributed by atoms with Crippen molar-refractivity contribution in [3.05, 3.63) is 35.5 Å². The summed E-state index contributed by atoms with van der Waals surface area (Å²) < 4.78 is 6.11. The van der Waals surface area contributed by atoms with Crippen molar-refractivity contribution in [2.45, 2.75) is 39.8 Å². The SMILES string of the molecule is CC(C)N(/C=N/c1ncc(Oc2ccc(Cl)cc2)c(N2CCN(CCO)CC2)n1)C(C)C. The van der Waals surface area contributed by atoms with Crippen molar-refractivity contribution >= 4 is 29.7 Å². The minimum Gasteiger partial charge on any atom is -0.452 e. The molecule has 0 spiro atoms. The summed E-state index contributed by atoms with van der Waals surface area (Å²) >= 11 is 6.00. The zero-order valence-electron chi connectivity index (χ0n) is 19.3. The molecule has 3 rings (SSSR count). The first-order valence-corrected chi connectivity index (χ1v) is 11.5. The minimum absolute atomic E-state index is 0.166. The lowest BCUT2D eigenvalue weighted by Crippen LogP contribution is -2.47. The van der Waals surface area contributed by atoms with E-state index < -0.39 is 0 Å². The van der Waals surface area contributed by atoms with E-state index in [1.54, 1.807) is 18.3 Å². The van der Waals surface area contributed by atoms with Gasteiger partial charge in [0.05, 0.1) is 19.1 Å². The molecule has 0 unspecified atom stereocenters. The molecular formula is C23H33ClN6O2. The van der Waals surface area contributed by atoms with E-state index in [9.17, 15) is 5.11 Å². The van der Waals surface area contributed by atoms with Gasteiger partial charge in [-0.05, 0) is 52.0 Å². The van der Waals surface area contributed by atoms with E-state index in [1.807, 2.05) is 18.5 Å². The second kappa shape index (κ2) is 11.4. The normalized spacial score (nSPS) is 15.2. The molecule has 0 saturated carbocycles. The van der Waals surface area contributed by atoms with Crippen molar-refractivity contribution < 1.29 is 9.84 Å². The van der Waals surface area contributed by atoms with Gasteiger partial charge in [-0.3, -0.25) is 4.90 Å². The number of aliphatic hydroxyl groups excluding tert-OH is 1. The molecule has 1 aliphatic rings. The first-order valence-electron chi connectivity index (χ1n) is 11.1. The molecule has 2 heterocycles. The van der Waals surface area contributed by atoms with Crippen LogP contribution >= 0.6 is 11.6 Å². The van der Waals surface area contributed by atoms with Crippen LogP contribution in [0.25, 0.3) is 0 Å². The third-order valence-corrected chi connectivity index (χ3v) is 5.60. The van der Waals surface area contributed by atoms with Gasteiger partial charge in [-0.1, -0.05) is 11.6 Å². The first-order chi connectivity index (χ1) is 15.4. The second-order valence-electron chi connectivity index (χ2n) is 8.35. The molecular weight excluding hydrogens is 428 g/mol. The molecule has 174 valence electrons. The van der Waals surface area contributed by atoms with Crippen LogP contribution in [0.5, 0.6) is 11.5 Å². The van der Waals surface area contributed by atoms with Gasteiger partial charge in [0, 0.05) is 49.8 Å². The number of rotatable bonds is 9. The van der Waals surface area contributed by atoms with Crippen LogP contribution in [-0.4, -0.2) is 82.6 Å². The average molecular weight is 461 g/mol. The molecule has 2 aromatic rings. The number of benzene rings is 1. The van der Waals surface area contributed by atoms with Crippen LogP contribution in [0.4, 0.5) is 11.8 Å². The maximum absolute atomic E-state index is 9.22. The third kappa shape index (κ3) is 6.54. The molecule has 0 aliphatic carbocycles. The monoisotopic (exact) mass is 460 g/mol. The lowest BCUT2D eigenvalue weighted by atomic mass is 10.2. The van der Waals surface area contributed by atoms with Crippen LogP contribution in [-0.2, 0) is 0 Å². The Kier molecular flexibility index (Phi) is 8.67. The molecule has 1 aromatic heterocycles. The van der Waals surface area contributed by atoms with Gasteiger partial charge in [0.25, 0.3) is 5.95 Å². The number of β-amino-alcohol motifs (C(OH)–C–C–N with tert-alkyl or cyclic N) is 1. The van der Waals surface area contributed by atoms with E-state index in [0.29, 0.717) is 46.9 Å². The highest BCUT2D eigenvalue weighted by molar-refractivity contribution is 6.30. The van der Waals surface area contributed by atoms with Gasteiger partial charge in [-0.25, -0.2) is 9.98 Å². The van der Waals surface area contributed by atoms with Crippen molar-refractivity contribution in [3.8, 4) is 11.5 Å². The molecule has 32 heavy (non-hydrogen) atoms. The highest BCUT2D eigenvalue weighted by atomic mass is 35.5. The van der Waals surface area contributed by atoms with E-state index in [2.05, 4.69) is 52.4 Å². The molecule has 8 nitrogen and oxygen atoms in total. The molecule has 0 atom stereocenters. The van der Waals surface area contributed by atoms with Crippen molar-refractivity contribution in [1.82, 2.24) is 19.8 Å². The van der Waals surface area contributed by atoms with E-state index in [0.717, 1.165) is 26.2 Å². The number of halogens is 1. The number of hydrogen-bond donors (Lipinski definition) is 1. The lowest BCUT2D eigenvalue weighted by Gasteiger charge is -2.35. The fourth-order valence-electron chi connectivity index (χ4n) is 3.65. The van der Waals surface area contributed by atoms with Gasteiger partial charge < -0.3 is 19.6 Å². The molecule has 1 saturated heterocycles. The summed E-state index contributed by atoms with van der Waals surface area (Å²) in [7, 11) is 0. The maximum Gasteiger partial charge on any atom is 0.252 e. The molecule has 0 radical (unpaired) electrons. The number of aliphatic imine (C=N–C) groups is 1. The topological polar surface area (TPSA) is 77.3 Å².